The maximum absolute atomic E-state index is 12.5. The first kappa shape index (κ1) is 18.7. The van der Waals surface area contributed by atoms with E-state index >= 15 is 0 Å². The SMILES string of the molecule is CCN(C(=O)CCCOc1cccc2c1NC(=O)CC2)C1CCCCO1. The summed E-state index contributed by atoms with van der Waals surface area (Å²) in [6, 6.07) is 5.81. The molecule has 1 atom stereocenters. The lowest BCUT2D eigenvalue weighted by Gasteiger charge is -2.33. The van der Waals surface area contributed by atoms with Crippen LogP contribution in [-0.4, -0.2) is 42.7 Å². The summed E-state index contributed by atoms with van der Waals surface area (Å²) in [4.78, 5) is 26.0. The van der Waals surface area contributed by atoms with Crippen molar-refractivity contribution in [1.82, 2.24) is 4.90 Å². The van der Waals surface area contributed by atoms with Crippen LogP contribution < -0.4 is 10.1 Å². The van der Waals surface area contributed by atoms with Gasteiger partial charge in [-0.05, 0) is 50.7 Å². The molecule has 0 aromatic heterocycles. The predicted octanol–water partition coefficient (Wildman–Crippen LogP) is 3.11. The van der Waals surface area contributed by atoms with Crippen molar-refractivity contribution < 1.29 is 19.1 Å². The van der Waals surface area contributed by atoms with Crippen molar-refractivity contribution in [3.05, 3.63) is 23.8 Å². The van der Waals surface area contributed by atoms with Crippen molar-refractivity contribution in [3.8, 4) is 5.75 Å². The summed E-state index contributed by atoms with van der Waals surface area (Å²) in [6.07, 6.45) is 5.38. The Morgan fingerprint density at radius 1 is 1.35 bits per heavy atom. The maximum Gasteiger partial charge on any atom is 0.224 e. The van der Waals surface area contributed by atoms with E-state index in [9.17, 15) is 9.59 Å². The molecule has 6 nitrogen and oxygen atoms in total. The Morgan fingerprint density at radius 2 is 2.23 bits per heavy atom. The van der Waals surface area contributed by atoms with Crippen molar-refractivity contribution in [2.45, 2.75) is 58.1 Å². The Labute approximate surface area is 154 Å². The topological polar surface area (TPSA) is 67.9 Å². The highest BCUT2D eigenvalue weighted by molar-refractivity contribution is 5.95. The van der Waals surface area contributed by atoms with E-state index in [1.807, 2.05) is 30.0 Å². The second-order valence-electron chi connectivity index (χ2n) is 6.79. The highest BCUT2D eigenvalue weighted by Gasteiger charge is 2.24. The van der Waals surface area contributed by atoms with Crippen LogP contribution in [0.4, 0.5) is 5.69 Å². The lowest BCUT2D eigenvalue weighted by molar-refractivity contribution is -0.150. The molecular formula is C20H28N2O4. The number of benzene rings is 1. The molecule has 2 aliphatic rings. The predicted molar refractivity (Wildman–Crippen MR) is 99.1 cm³/mol. The van der Waals surface area contributed by atoms with Crippen molar-refractivity contribution in [2.75, 3.05) is 25.1 Å². The Bertz CT molecular complexity index is 641. The number of para-hydroxylation sites is 1. The Hall–Kier alpha value is -2.08. The molecule has 0 bridgehead atoms. The highest BCUT2D eigenvalue weighted by atomic mass is 16.5. The van der Waals surface area contributed by atoms with Gasteiger partial charge in [0.25, 0.3) is 0 Å². The molecule has 0 radical (unpaired) electrons. The van der Waals surface area contributed by atoms with Crippen LogP contribution in [0.1, 0.15) is 51.0 Å². The molecule has 26 heavy (non-hydrogen) atoms. The van der Waals surface area contributed by atoms with E-state index < -0.39 is 0 Å². The fraction of sp³-hybridized carbons (Fsp3) is 0.600. The molecule has 0 aliphatic carbocycles. The van der Waals surface area contributed by atoms with Gasteiger partial charge in [-0.1, -0.05) is 12.1 Å². The fourth-order valence-corrected chi connectivity index (χ4v) is 3.56. The first-order valence-corrected chi connectivity index (χ1v) is 9.64. The first-order valence-electron chi connectivity index (χ1n) is 9.64. The smallest absolute Gasteiger partial charge is 0.224 e. The van der Waals surface area contributed by atoms with E-state index in [2.05, 4.69) is 5.32 Å². The van der Waals surface area contributed by atoms with Crippen molar-refractivity contribution >= 4 is 17.5 Å². The number of carbonyl (C=O) groups excluding carboxylic acids is 2. The van der Waals surface area contributed by atoms with E-state index in [1.54, 1.807) is 0 Å². The molecule has 2 amide bonds. The van der Waals surface area contributed by atoms with Crippen molar-refractivity contribution in [2.24, 2.45) is 0 Å². The number of anilines is 1. The average Bonchev–Trinajstić information content (AvgIpc) is 2.67. The maximum atomic E-state index is 12.5. The van der Waals surface area contributed by atoms with Crippen LogP contribution >= 0.6 is 0 Å². The minimum absolute atomic E-state index is 0.0230. The van der Waals surface area contributed by atoms with Crippen LogP contribution in [0.15, 0.2) is 18.2 Å². The zero-order valence-electron chi connectivity index (χ0n) is 15.5. The molecule has 1 N–H and O–H groups in total. The standard InChI is InChI=1S/C20H28N2O4/c1-2-22(19-10-3-4-13-26-19)18(24)9-6-14-25-16-8-5-7-15-11-12-17(23)21-20(15)16/h5,7-8,19H,2-4,6,9-14H2,1H3,(H,21,23). The summed E-state index contributed by atoms with van der Waals surface area (Å²) < 4.78 is 11.6. The lowest BCUT2D eigenvalue weighted by atomic mass is 10.0. The summed E-state index contributed by atoms with van der Waals surface area (Å²) in [5, 5.41) is 2.89. The van der Waals surface area contributed by atoms with Crippen LogP contribution in [0, 0.1) is 0 Å². The molecule has 142 valence electrons. The van der Waals surface area contributed by atoms with Crippen molar-refractivity contribution in [1.29, 1.82) is 0 Å². The third-order valence-electron chi connectivity index (χ3n) is 4.96. The zero-order valence-corrected chi connectivity index (χ0v) is 15.5. The Morgan fingerprint density at radius 3 is 3.00 bits per heavy atom. The number of ether oxygens (including phenoxy) is 2. The van der Waals surface area contributed by atoms with E-state index in [0.717, 1.165) is 43.5 Å². The molecule has 2 aliphatic heterocycles. The van der Waals surface area contributed by atoms with Crippen molar-refractivity contribution in [3.63, 3.8) is 0 Å². The van der Waals surface area contributed by atoms with E-state index in [1.165, 1.54) is 0 Å². The van der Waals surface area contributed by atoms with E-state index in [-0.39, 0.29) is 18.0 Å². The van der Waals surface area contributed by atoms with Gasteiger partial charge in [0.15, 0.2) is 0 Å². The van der Waals surface area contributed by atoms with Gasteiger partial charge in [0.1, 0.15) is 12.0 Å². The van der Waals surface area contributed by atoms with Gasteiger partial charge in [0, 0.05) is 26.0 Å². The average molecular weight is 360 g/mol. The van der Waals surface area contributed by atoms with E-state index in [4.69, 9.17) is 9.47 Å². The van der Waals surface area contributed by atoms with E-state index in [0.29, 0.717) is 38.2 Å². The monoisotopic (exact) mass is 360 g/mol. The second kappa shape index (κ2) is 9.03. The molecule has 1 fully saturated rings. The molecule has 6 heteroatoms. The molecule has 0 spiro atoms. The van der Waals surface area contributed by atoms with Gasteiger partial charge in [-0.15, -0.1) is 0 Å². The largest absolute Gasteiger partial charge is 0.491 e. The number of aryl methyl sites for hydroxylation is 1. The number of carbonyl (C=O) groups is 2. The Balaban J connectivity index is 1.48. The summed E-state index contributed by atoms with van der Waals surface area (Å²) in [7, 11) is 0. The summed E-state index contributed by atoms with van der Waals surface area (Å²) >= 11 is 0. The van der Waals surface area contributed by atoms with Crippen LogP contribution in [-0.2, 0) is 20.7 Å². The third-order valence-corrected chi connectivity index (χ3v) is 4.96. The summed E-state index contributed by atoms with van der Waals surface area (Å²) in [5.74, 6) is 0.826. The number of nitrogens with zero attached hydrogens (tertiary/aromatic N) is 1. The van der Waals surface area contributed by atoms with Gasteiger partial charge in [0.2, 0.25) is 11.8 Å². The number of hydrogen-bond acceptors (Lipinski definition) is 4. The number of amides is 2. The van der Waals surface area contributed by atoms with Gasteiger partial charge in [0.05, 0.1) is 12.3 Å². The van der Waals surface area contributed by atoms with Gasteiger partial charge < -0.3 is 19.7 Å². The van der Waals surface area contributed by atoms with Crippen LogP contribution in [0.2, 0.25) is 0 Å². The molecule has 0 saturated carbocycles. The highest BCUT2D eigenvalue weighted by Crippen LogP contribution is 2.32. The molecule has 1 aromatic rings. The molecule has 2 heterocycles. The number of nitrogens with one attached hydrogen (secondary N) is 1. The van der Waals surface area contributed by atoms with Gasteiger partial charge in [-0.3, -0.25) is 9.59 Å². The minimum atomic E-state index is -0.0708. The molecule has 3 rings (SSSR count). The molecule has 1 saturated heterocycles. The van der Waals surface area contributed by atoms with Crippen LogP contribution in [0.3, 0.4) is 0 Å². The first-order chi connectivity index (χ1) is 12.7. The molecule has 1 aromatic carbocycles. The second-order valence-corrected chi connectivity index (χ2v) is 6.79. The summed E-state index contributed by atoms with van der Waals surface area (Å²) in [6.45, 7) is 3.84. The Kier molecular flexibility index (Phi) is 6.50. The van der Waals surface area contributed by atoms with Gasteiger partial charge in [-0.25, -0.2) is 0 Å². The van der Waals surface area contributed by atoms with Crippen LogP contribution in [0.25, 0.3) is 0 Å². The number of hydrogen-bond donors (Lipinski definition) is 1. The lowest BCUT2D eigenvalue weighted by Crippen LogP contribution is -2.43. The zero-order chi connectivity index (χ0) is 18.4. The number of fused-ring (bicyclic) bond motifs is 1. The molecule has 1 unspecified atom stereocenters. The van der Waals surface area contributed by atoms with Gasteiger partial charge >= 0.3 is 0 Å². The summed E-state index contributed by atoms with van der Waals surface area (Å²) in [5.41, 5.74) is 1.88. The fourth-order valence-electron chi connectivity index (χ4n) is 3.56. The minimum Gasteiger partial charge on any atom is -0.491 e. The third kappa shape index (κ3) is 4.55. The number of rotatable bonds is 7. The molecular weight excluding hydrogens is 332 g/mol. The quantitative estimate of drug-likeness (QED) is 0.759. The van der Waals surface area contributed by atoms with Crippen LogP contribution in [0.5, 0.6) is 5.75 Å². The normalized spacial score (nSPS) is 19.4. The van der Waals surface area contributed by atoms with Gasteiger partial charge in [-0.2, -0.15) is 0 Å².